The van der Waals surface area contributed by atoms with Crippen molar-refractivity contribution in [1.29, 1.82) is 0 Å². The summed E-state index contributed by atoms with van der Waals surface area (Å²) in [6.45, 7) is -2.28. The van der Waals surface area contributed by atoms with Crippen LogP contribution in [0, 0.1) is 0 Å². The van der Waals surface area contributed by atoms with Gasteiger partial charge in [0.25, 0.3) is 0 Å². The molecule has 6 nitrogen and oxygen atoms in total. The molecule has 10 saturated heterocycles. The van der Waals surface area contributed by atoms with Crippen molar-refractivity contribution in [3.63, 3.8) is 0 Å². The van der Waals surface area contributed by atoms with Gasteiger partial charge in [-0.15, -0.1) is 0 Å². The summed E-state index contributed by atoms with van der Waals surface area (Å²) in [6, 6.07) is 0. The number of fused-ring (bicyclic) bond motifs is 10. The number of hydrogen-bond acceptors (Lipinski definition) is 6. The van der Waals surface area contributed by atoms with Crippen LogP contribution in [0.2, 0.25) is 48.2 Å². The summed E-state index contributed by atoms with van der Waals surface area (Å²) in [6.07, 6.45) is 0. The van der Waals surface area contributed by atoms with Crippen LogP contribution in [-0.2, 0) is 6.51 Å². The van der Waals surface area contributed by atoms with Gasteiger partial charge in [-0.2, -0.15) is 15.0 Å². The van der Waals surface area contributed by atoms with Crippen LogP contribution < -0.4 is 17.2 Å². The van der Waals surface area contributed by atoms with Crippen molar-refractivity contribution in [2.45, 2.75) is 48.2 Å². The van der Waals surface area contributed by atoms with Crippen LogP contribution in [-0.4, -0.2) is 15.0 Å². The van der Waals surface area contributed by atoms with E-state index in [1.807, 2.05) is 0 Å². The quantitative estimate of drug-likeness (QED) is 0.631. The second-order valence-corrected chi connectivity index (χ2v) is 34.9. The maximum atomic E-state index is 5.14. The van der Waals surface area contributed by atoms with Gasteiger partial charge in [-0.05, 0) is 0 Å². The van der Waals surface area contributed by atoms with Crippen LogP contribution >= 0.6 is 0 Å². The Morgan fingerprint density at radius 3 is 0.800 bits per heavy atom. The van der Waals surface area contributed by atoms with Crippen molar-refractivity contribution in [3.05, 3.63) is 0 Å². The first-order chi connectivity index (χ1) is 9.34. The van der Waals surface area contributed by atoms with E-state index in [-0.39, 0.29) is 17.8 Å². The van der Waals surface area contributed by atoms with Crippen LogP contribution in [0.15, 0.2) is 0 Å². The summed E-state index contributed by atoms with van der Waals surface area (Å²) < 4.78 is 0. The summed E-state index contributed by atoms with van der Waals surface area (Å²) >= 11 is 0. The van der Waals surface area contributed by atoms with Crippen molar-refractivity contribution in [2.75, 3.05) is 17.2 Å². The van der Waals surface area contributed by atoms with Crippen LogP contribution in [0.1, 0.15) is 0 Å². The van der Waals surface area contributed by atoms with Gasteiger partial charge in [-0.1, -0.05) is 0 Å². The SMILES string of the molecule is Nc1nc(N)nc(N)n1.[CH]12[CH]3[CH]4[CH]5[CH]1[Fe]23451678[CH]2[CH]1[CH]6[CH]7[CH]28. The van der Waals surface area contributed by atoms with E-state index in [9.17, 15) is 0 Å². The molecule has 1 aromatic rings. The topological polar surface area (TPSA) is 117 Å². The van der Waals surface area contributed by atoms with Gasteiger partial charge in [0.1, 0.15) is 0 Å². The Morgan fingerprint density at radius 1 is 0.500 bits per heavy atom. The molecule has 0 saturated carbocycles. The number of nitrogens with two attached hydrogens (primary N) is 3. The molecule has 1 aromatic heterocycles. The monoisotopic (exact) mass is 312 g/mol. The molecule has 0 amide bonds. The van der Waals surface area contributed by atoms with Gasteiger partial charge in [0, 0.05) is 0 Å². The molecule has 0 radical (unpaired) electrons. The summed E-state index contributed by atoms with van der Waals surface area (Å²) in [7, 11) is 0. The Balaban J connectivity index is 0.0000000802. The molecular formula is C13H16FeN6. The summed E-state index contributed by atoms with van der Waals surface area (Å²) in [5.74, 6) is 0.125. The summed E-state index contributed by atoms with van der Waals surface area (Å²) in [5, 5.41) is 0. The molecule has 0 unspecified atom stereocenters. The predicted octanol–water partition coefficient (Wildman–Crippen LogP) is 1.99. The average Bonchev–Trinajstić information content (AvgIpc) is 3.32. The Hall–Kier alpha value is -1.07. The molecular weight excluding hydrogens is 296 g/mol. The van der Waals surface area contributed by atoms with E-state index in [2.05, 4.69) is 15.0 Å². The molecule has 1 spiro atoms. The van der Waals surface area contributed by atoms with Crippen molar-refractivity contribution in [2.24, 2.45) is 0 Å². The molecule has 10 aliphatic heterocycles. The number of hydrogen-bond donors (Lipinski definition) is 3. The standard InChI is InChI=1S/2C5H5.C3H6N6.Fe/c2*1-2-4-5-3-1;4-1-7-2(5)9-3(6)8-1;/h2*1-5H;(H6,4,5,6,7,8,9);. The third-order valence-corrected chi connectivity index (χ3v) is 57.2. The second-order valence-electron chi connectivity index (χ2n) is 11.0. The van der Waals surface area contributed by atoms with Crippen molar-refractivity contribution in [1.82, 2.24) is 15.0 Å². The van der Waals surface area contributed by atoms with Crippen molar-refractivity contribution >= 4 is 17.8 Å². The first-order valence-electron chi connectivity index (χ1n) is 7.58. The predicted molar refractivity (Wildman–Crippen MR) is 70.6 cm³/mol. The summed E-state index contributed by atoms with van der Waals surface area (Å²) in [5.41, 5.74) is 15.4. The number of anilines is 3. The zero-order valence-corrected chi connectivity index (χ0v) is 11.8. The third kappa shape index (κ3) is 0.0966. The van der Waals surface area contributed by atoms with Gasteiger partial charge in [0.2, 0.25) is 17.8 Å². The average molecular weight is 312 g/mol. The molecule has 10 fully saturated rings. The van der Waals surface area contributed by atoms with E-state index in [1.165, 1.54) is 0 Å². The molecule has 10 aliphatic rings. The minimum atomic E-state index is -2.28. The van der Waals surface area contributed by atoms with Gasteiger partial charge in [0.15, 0.2) is 0 Å². The number of nitrogens with zero attached hydrogens (tertiary/aromatic N) is 3. The van der Waals surface area contributed by atoms with Crippen molar-refractivity contribution < 1.29 is 6.51 Å². The molecule has 106 valence electrons. The van der Waals surface area contributed by atoms with Gasteiger partial charge in [-0.25, -0.2) is 0 Å². The molecule has 6 N–H and O–H groups in total. The molecule has 0 bridgehead atoms. The molecule has 0 atom stereocenters. The van der Waals surface area contributed by atoms with E-state index in [1.54, 1.807) is 48.2 Å². The van der Waals surface area contributed by atoms with Crippen LogP contribution in [0.3, 0.4) is 0 Å². The normalized spacial score (nSPS) is 98.2. The minimum absolute atomic E-state index is 0.0417. The number of nitrogen functional groups attached to an aromatic ring is 3. The number of aromatic nitrogens is 3. The fourth-order valence-electron chi connectivity index (χ4n) is 16.2. The Kier molecular flexibility index (Phi) is 0.271. The van der Waals surface area contributed by atoms with E-state index >= 15 is 0 Å². The molecule has 11 rings (SSSR count). The molecule has 11 heterocycles. The number of rotatable bonds is 0. The maximum absolute atomic E-state index is 5.14. The molecule has 7 heteroatoms. The molecule has 0 aliphatic carbocycles. The first-order valence-corrected chi connectivity index (χ1v) is 14.0. The van der Waals surface area contributed by atoms with E-state index in [4.69, 9.17) is 17.2 Å². The molecule has 0 aromatic carbocycles. The fraction of sp³-hybridized carbons (Fsp3) is 0.769. The summed E-state index contributed by atoms with van der Waals surface area (Å²) in [4.78, 5) is 26.4. The van der Waals surface area contributed by atoms with Crippen LogP contribution in [0.5, 0.6) is 0 Å². The first kappa shape index (κ1) is 7.80. The van der Waals surface area contributed by atoms with Gasteiger partial charge >= 0.3 is 54.7 Å². The van der Waals surface area contributed by atoms with Gasteiger partial charge in [-0.3, -0.25) is 0 Å². The molecule has 20 heavy (non-hydrogen) atoms. The van der Waals surface area contributed by atoms with Gasteiger partial charge in [0.05, 0.1) is 0 Å². The van der Waals surface area contributed by atoms with Crippen molar-refractivity contribution in [3.8, 4) is 0 Å². The Bertz CT molecular complexity index is 912. The van der Waals surface area contributed by atoms with Crippen LogP contribution in [0.25, 0.3) is 0 Å². The second kappa shape index (κ2) is 0.696. The Labute approximate surface area is 105 Å². The Morgan fingerprint density at radius 2 is 0.700 bits per heavy atom. The van der Waals surface area contributed by atoms with E-state index < -0.39 is 6.51 Å². The van der Waals surface area contributed by atoms with Crippen LogP contribution in [0.4, 0.5) is 17.8 Å². The third-order valence-electron chi connectivity index (χ3n) is 15.2. The zero-order valence-electron chi connectivity index (χ0n) is 10.7. The zero-order chi connectivity index (χ0) is 12.9. The van der Waals surface area contributed by atoms with Gasteiger partial charge < -0.3 is 17.2 Å². The van der Waals surface area contributed by atoms with E-state index in [0.717, 1.165) is 0 Å². The van der Waals surface area contributed by atoms with E-state index in [0.29, 0.717) is 0 Å². The fourth-order valence-corrected chi connectivity index (χ4v) is 88.4.